The summed E-state index contributed by atoms with van der Waals surface area (Å²) in [6.45, 7) is 7.24. The Morgan fingerprint density at radius 2 is 1.77 bits per heavy atom. The zero-order chi connectivity index (χ0) is 28.9. The summed E-state index contributed by atoms with van der Waals surface area (Å²) in [5.41, 5.74) is 0.947. The van der Waals surface area contributed by atoms with Crippen LogP contribution in [0.1, 0.15) is 52.2 Å². The van der Waals surface area contributed by atoms with E-state index >= 15 is 0 Å². The lowest BCUT2D eigenvalue weighted by molar-refractivity contribution is -0.120. The molecule has 2 aromatic heterocycles. The molecule has 1 aromatic carbocycles. The van der Waals surface area contributed by atoms with Crippen molar-refractivity contribution in [1.29, 1.82) is 0 Å². The quantitative estimate of drug-likeness (QED) is 0.354. The van der Waals surface area contributed by atoms with Crippen molar-refractivity contribution in [1.82, 2.24) is 20.5 Å². The lowest BCUT2D eigenvalue weighted by Gasteiger charge is -2.19. The minimum Gasteiger partial charge on any atom is -0.457 e. The summed E-state index contributed by atoms with van der Waals surface area (Å²) < 4.78 is 5.80. The van der Waals surface area contributed by atoms with Crippen LogP contribution in [0, 0.1) is 0 Å². The molecule has 0 spiro atoms. The smallest absolute Gasteiger partial charge is 0.323 e. The lowest BCUT2D eigenvalue weighted by Crippen LogP contribution is -2.34. The fourth-order valence-electron chi connectivity index (χ4n) is 3.88. The number of nitrogens with one attached hydrogen (secondary N) is 4. The number of carbonyl (C=O) groups is 4. The number of rotatable bonds is 6. The molecule has 3 heterocycles. The normalized spacial score (nSPS) is 13.6. The number of ether oxygens (including phenoxy) is 1. The van der Waals surface area contributed by atoms with Gasteiger partial charge in [0.1, 0.15) is 22.1 Å². The van der Waals surface area contributed by atoms with Crippen LogP contribution in [-0.2, 0) is 10.2 Å². The monoisotopic (exact) mass is 564 g/mol. The van der Waals surface area contributed by atoms with Gasteiger partial charge in [0.2, 0.25) is 5.91 Å². The molecule has 0 aliphatic carbocycles. The number of nitrogens with zero attached hydrogens (tertiary/aromatic N) is 2. The molecule has 3 aromatic rings. The number of aromatic nitrogens is 1. The first kappa shape index (κ1) is 28.6. The first-order valence-corrected chi connectivity index (χ1v) is 13.6. The number of anilines is 2. The van der Waals surface area contributed by atoms with Crippen molar-refractivity contribution < 1.29 is 23.9 Å². The second-order valence-electron chi connectivity index (χ2n) is 10.2. The van der Waals surface area contributed by atoms with Gasteiger partial charge in [-0.15, -0.1) is 11.3 Å². The molecule has 0 bridgehead atoms. The van der Waals surface area contributed by atoms with Gasteiger partial charge < -0.3 is 30.9 Å². The Morgan fingerprint density at radius 1 is 1.02 bits per heavy atom. The molecule has 1 fully saturated rings. The van der Waals surface area contributed by atoms with Crippen LogP contribution in [0.4, 0.5) is 16.2 Å². The topological polar surface area (TPSA) is 142 Å². The summed E-state index contributed by atoms with van der Waals surface area (Å²) in [4.78, 5) is 56.9. The fraction of sp³-hybridized carbons (Fsp3) is 0.321. The highest BCUT2D eigenvalue weighted by atomic mass is 32.1. The van der Waals surface area contributed by atoms with E-state index in [1.807, 2.05) is 26.8 Å². The molecular formula is C28H32N6O5S. The zero-order valence-electron chi connectivity index (χ0n) is 22.8. The molecule has 0 saturated carbocycles. The molecule has 210 valence electrons. The highest BCUT2D eigenvalue weighted by Gasteiger charge is 2.28. The van der Waals surface area contributed by atoms with Gasteiger partial charge in [-0.05, 0) is 41.8 Å². The Labute approximate surface area is 236 Å². The number of hydrogen-bond acceptors (Lipinski definition) is 7. The molecule has 1 saturated heterocycles. The minimum atomic E-state index is -0.502. The van der Waals surface area contributed by atoms with Crippen LogP contribution in [0.3, 0.4) is 0 Å². The number of amides is 5. The average molecular weight is 565 g/mol. The number of benzene rings is 1. The van der Waals surface area contributed by atoms with E-state index < -0.39 is 6.03 Å². The van der Waals surface area contributed by atoms with Crippen LogP contribution in [0.15, 0.2) is 48.7 Å². The standard InChI is InChI=1S/C28H32N6O5S/c1-28(2,3)22-16-20(24(40-22)26(37)34-13-10-23(35)31-12-14-34)33-27(38)32-17-5-7-18(8-6-17)39-19-9-11-30-21(15-19)25(36)29-4/h5-9,11,15-16H,10,12-14H2,1-4H3,(H,29,36)(H,31,35)(H2,32,33,38). The molecule has 0 unspecified atom stereocenters. The predicted octanol–water partition coefficient (Wildman–Crippen LogP) is 4.20. The zero-order valence-corrected chi connectivity index (χ0v) is 23.6. The summed E-state index contributed by atoms with van der Waals surface area (Å²) in [6, 6.07) is 11.2. The van der Waals surface area contributed by atoms with Crippen LogP contribution in [0.25, 0.3) is 0 Å². The van der Waals surface area contributed by atoms with Gasteiger partial charge in [0.15, 0.2) is 0 Å². The van der Waals surface area contributed by atoms with Crippen LogP contribution >= 0.6 is 11.3 Å². The minimum absolute atomic E-state index is 0.0829. The first-order valence-electron chi connectivity index (χ1n) is 12.8. The summed E-state index contributed by atoms with van der Waals surface area (Å²) in [5, 5.41) is 10.9. The second kappa shape index (κ2) is 12.2. The Bertz CT molecular complexity index is 1410. The molecule has 40 heavy (non-hydrogen) atoms. The van der Waals surface area contributed by atoms with E-state index in [1.165, 1.54) is 30.6 Å². The highest BCUT2D eigenvalue weighted by molar-refractivity contribution is 7.14. The summed E-state index contributed by atoms with van der Waals surface area (Å²) in [7, 11) is 1.52. The van der Waals surface area contributed by atoms with Crippen molar-refractivity contribution in [3.63, 3.8) is 0 Å². The van der Waals surface area contributed by atoms with E-state index in [-0.39, 0.29) is 35.3 Å². The summed E-state index contributed by atoms with van der Waals surface area (Å²) >= 11 is 1.35. The number of thiophene rings is 1. The van der Waals surface area contributed by atoms with Gasteiger partial charge in [-0.2, -0.15) is 0 Å². The van der Waals surface area contributed by atoms with Gasteiger partial charge in [0.05, 0.1) is 5.69 Å². The van der Waals surface area contributed by atoms with Crippen molar-refractivity contribution in [3.05, 3.63) is 64.1 Å². The Morgan fingerprint density at radius 3 is 2.48 bits per heavy atom. The molecule has 4 N–H and O–H groups in total. The fourth-order valence-corrected chi connectivity index (χ4v) is 5.02. The van der Waals surface area contributed by atoms with E-state index in [4.69, 9.17) is 4.74 Å². The van der Waals surface area contributed by atoms with E-state index in [0.29, 0.717) is 47.4 Å². The maximum atomic E-state index is 13.4. The van der Waals surface area contributed by atoms with Gasteiger partial charge >= 0.3 is 6.03 Å². The van der Waals surface area contributed by atoms with E-state index in [9.17, 15) is 19.2 Å². The van der Waals surface area contributed by atoms with Crippen LogP contribution in [0.2, 0.25) is 0 Å². The van der Waals surface area contributed by atoms with Crippen molar-refractivity contribution in [2.75, 3.05) is 37.3 Å². The third kappa shape index (κ3) is 7.14. The van der Waals surface area contributed by atoms with Gasteiger partial charge in [0.25, 0.3) is 11.8 Å². The lowest BCUT2D eigenvalue weighted by atomic mass is 9.94. The van der Waals surface area contributed by atoms with Crippen LogP contribution in [-0.4, -0.2) is 60.3 Å². The van der Waals surface area contributed by atoms with Gasteiger partial charge in [-0.3, -0.25) is 19.4 Å². The molecule has 12 heteroatoms. The average Bonchev–Trinajstić information content (AvgIpc) is 3.23. The molecular weight excluding hydrogens is 532 g/mol. The Balaban J connectivity index is 1.44. The van der Waals surface area contributed by atoms with Crippen molar-refractivity contribution in [2.45, 2.75) is 32.6 Å². The molecule has 5 amide bonds. The van der Waals surface area contributed by atoms with Crippen LogP contribution in [0.5, 0.6) is 11.5 Å². The third-order valence-corrected chi connectivity index (χ3v) is 7.60. The van der Waals surface area contributed by atoms with Gasteiger partial charge in [-0.25, -0.2) is 4.79 Å². The Hall–Kier alpha value is -4.45. The largest absolute Gasteiger partial charge is 0.457 e. The molecule has 0 atom stereocenters. The molecule has 1 aliphatic heterocycles. The van der Waals surface area contributed by atoms with Gasteiger partial charge in [0, 0.05) is 55.9 Å². The SMILES string of the molecule is CNC(=O)c1cc(Oc2ccc(NC(=O)Nc3cc(C(C)(C)C)sc3C(=O)N3CCNC(=O)CC3)cc2)ccn1. The third-order valence-electron chi connectivity index (χ3n) is 6.05. The molecule has 0 radical (unpaired) electrons. The summed E-state index contributed by atoms with van der Waals surface area (Å²) in [5.74, 6) is 0.330. The molecule has 11 nitrogen and oxygen atoms in total. The van der Waals surface area contributed by atoms with E-state index in [1.54, 1.807) is 35.2 Å². The number of carbonyl (C=O) groups excluding carboxylic acids is 4. The molecule has 4 rings (SSSR count). The van der Waals surface area contributed by atoms with Crippen molar-refractivity contribution in [2.24, 2.45) is 0 Å². The Kier molecular flexibility index (Phi) is 8.68. The van der Waals surface area contributed by atoms with E-state index in [0.717, 1.165) is 4.88 Å². The number of urea groups is 1. The van der Waals surface area contributed by atoms with Crippen molar-refractivity contribution >= 4 is 46.5 Å². The van der Waals surface area contributed by atoms with Gasteiger partial charge in [-0.1, -0.05) is 20.8 Å². The van der Waals surface area contributed by atoms with E-state index in [2.05, 4.69) is 26.3 Å². The number of pyridine rings is 1. The van der Waals surface area contributed by atoms with Crippen LogP contribution < -0.4 is 26.0 Å². The maximum Gasteiger partial charge on any atom is 0.323 e. The first-order chi connectivity index (χ1) is 19.0. The predicted molar refractivity (Wildman–Crippen MR) is 153 cm³/mol. The summed E-state index contributed by atoms with van der Waals surface area (Å²) in [6.07, 6.45) is 1.72. The number of hydrogen-bond donors (Lipinski definition) is 4. The maximum absolute atomic E-state index is 13.4. The molecule has 1 aliphatic rings. The highest BCUT2D eigenvalue weighted by Crippen LogP contribution is 2.36. The second-order valence-corrected chi connectivity index (χ2v) is 11.2. The van der Waals surface area contributed by atoms with Crippen molar-refractivity contribution in [3.8, 4) is 11.5 Å².